The Labute approximate surface area is 141 Å². The predicted octanol–water partition coefficient (Wildman–Crippen LogP) is 3.27. The molecule has 0 spiro atoms. The number of nitrogens with zero attached hydrogens (tertiary/aromatic N) is 3. The van der Waals surface area contributed by atoms with Gasteiger partial charge >= 0.3 is 0 Å². The number of amides is 1. The van der Waals surface area contributed by atoms with Crippen molar-refractivity contribution in [3.63, 3.8) is 0 Å². The SMILES string of the molecule is CCN(CC)C(=O)c1ccnc(NCCc2ccc(Cl)cc2)n1. The molecule has 23 heavy (non-hydrogen) atoms. The fourth-order valence-corrected chi connectivity index (χ4v) is 2.33. The Morgan fingerprint density at radius 3 is 2.52 bits per heavy atom. The van der Waals surface area contributed by atoms with Crippen molar-refractivity contribution in [2.24, 2.45) is 0 Å². The number of nitrogens with one attached hydrogen (secondary N) is 1. The van der Waals surface area contributed by atoms with E-state index in [0.717, 1.165) is 11.4 Å². The first-order chi connectivity index (χ1) is 11.1. The summed E-state index contributed by atoms with van der Waals surface area (Å²) < 4.78 is 0. The lowest BCUT2D eigenvalue weighted by Gasteiger charge is -2.18. The van der Waals surface area contributed by atoms with Crippen molar-refractivity contribution < 1.29 is 4.79 Å². The molecule has 0 fully saturated rings. The van der Waals surface area contributed by atoms with Crippen molar-refractivity contribution in [2.75, 3.05) is 25.0 Å². The minimum atomic E-state index is -0.0712. The summed E-state index contributed by atoms with van der Waals surface area (Å²) in [6.45, 7) is 5.92. The fraction of sp³-hybridized carbons (Fsp3) is 0.353. The normalized spacial score (nSPS) is 10.4. The van der Waals surface area contributed by atoms with Crippen LogP contribution in [0.1, 0.15) is 29.9 Å². The molecule has 1 aromatic heterocycles. The van der Waals surface area contributed by atoms with Gasteiger partial charge in [0.05, 0.1) is 0 Å². The zero-order valence-electron chi connectivity index (χ0n) is 13.4. The maximum atomic E-state index is 12.3. The lowest BCUT2D eigenvalue weighted by Crippen LogP contribution is -2.31. The molecule has 0 saturated carbocycles. The van der Waals surface area contributed by atoms with Crippen LogP contribution in [0.2, 0.25) is 5.02 Å². The minimum Gasteiger partial charge on any atom is -0.354 e. The number of anilines is 1. The van der Waals surface area contributed by atoms with Gasteiger partial charge < -0.3 is 10.2 Å². The summed E-state index contributed by atoms with van der Waals surface area (Å²) in [6, 6.07) is 9.37. The zero-order chi connectivity index (χ0) is 16.7. The van der Waals surface area contributed by atoms with E-state index in [0.29, 0.717) is 31.3 Å². The van der Waals surface area contributed by atoms with Gasteiger partial charge in [0.25, 0.3) is 5.91 Å². The van der Waals surface area contributed by atoms with Crippen LogP contribution in [0.5, 0.6) is 0 Å². The highest BCUT2D eigenvalue weighted by Crippen LogP contribution is 2.10. The Balaban J connectivity index is 1.94. The number of carbonyl (C=O) groups is 1. The Kier molecular flexibility index (Phi) is 6.35. The first-order valence-electron chi connectivity index (χ1n) is 7.74. The summed E-state index contributed by atoms with van der Waals surface area (Å²) in [6.07, 6.45) is 2.43. The maximum Gasteiger partial charge on any atom is 0.272 e. The molecule has 0 radical (unpaired) electrons. The molecule has 0 saturated heterocycles. The fourth-order valence-electron chi connectivity index (χ4n) is 2.21. The maximum absolute atomic E-state index is 12.3. The van der Waals surface area contributed by atoms with E-state index < -0.39 is 0 Å². The summed E-state index contributed by atoms with van der Waals surface area (Å²) >= 11 is 5.87. The van der Waals surface area contributed by atoms with Gasteiger partial charge in [0.15, 0.2) is 0 Å². The number of benzene rings is 1. The molecule has 0 aliphatic carbocycles. The van der Waals surface area contributed by atoms with E-state index in [1.54, 1.807) is 17.2 Å². The van der Waals surface area contributed by atoms with Gasteiger partial charge in [-0.15, -0.1) is 0 Å². The molecular weight excluding hydrogens is 312 g/mol. The van der Waals surface area contributed by atoms with Gasteiger partial charge in [0, 0.05) is 30.9 Å². The van der Waals surface area contributed by atoms with Crippen LogP contribution in [-0.4, -0.2) is 40.4 Å². The number of hydrogen-bond donors (Lipinski definition) is 1. The molecule has 6 heteroatoms. The second kappa shape index (κ2) is 8.48. The van der Waals surface area contributed by atoms with Crippen molar-refractivity contribution in [3.8, 4) is 0 Å². The number of halogens is 1. The molecule has 1 aromatic carbocycles. The van der Waals surface area contributed by atoms with Crippen molar-refractivity contribution in [1.29, 1.82) is 0 Å². The van der Waals surface area contributed by atoms with E-state index in [9.17, 15) is 4.79 Å². The van der Waals surface area contributed by atoms with Gasteiger partial charge in [-0.2, -0.15) is 0 Å². The van der Waals surface area contributed by atoms with E-state index in [4.69, 9.17) is 11.6 Å². The molecule has 0 aliphatic rings. The molecule has 0 unspecified atom stereocenters. The molecule has 1 heterocycles. The van der Waals surface area contributed by atoms with Crippen molar-refractivity contribution in [2.45, 2.75) is 20.3 Å². The Morgan fingerprint density at radius 1 is 1.17 bits per heavy atom. The van der Waals surface area contributed by atoms with Crippen LogP contribution >= 0.6 is 11.6 Å². The average molecular weight is 333 g/mol. The third-order valence-electron chi connectivity index (χ3n) is 3.54. The second-order valence-corrected chi connectivity index (χ2v) is 5.48. The van der Waals surface area contributed by atoms with Gasteiger partial charge in [-0.05, 0) is 44.0 Å². The molecule has 1 N–H and O–H groups in total. The average Bonchev–Trinajstić information content (AvgIpc) is 2.58. The molecule has 0 bridgehead atoms. The number of hydrogen-bond acceptors (Lipinski definition) is 4. The van der Waals surface area contributed by atoms with Crippen LogP contribution in [0.25, 0.3) is 0 Å². The lowest BCUT2D eigenvalue weighted by molar-refractivity contribution is 0.0767. The molecule has 0 atom stereocenters. The summed E-state index contributed by atoms with van der Waals surface area (Å²) in [5, 5.41) is 3.88. The number of rotatable bonds is 7. The Bertz CT molecular complexity index is 641. The van der Waals surface area contributed by atoms with Crippen molar-refractivity contribution in [3.05, 3.63) is 52.8 Å². The third kappa shape index (κ3) is 4.93. The van der Waals surface area contributed by atoms with Crippen LogP contribution in [0, 0.1) is 0 Å². The highest BCUT2D eigenvalue weighted by Gasteiger charge is 2.14. The van der Waals surface area contributed by atoms with Gasteiger partial charge in [-0.25, -0.2) is 9.97 Å². The molecular formula is C17H21ClN4O. The Hall–Kier alpha value is -2.14. The quantitative estimate of drug-likeness (QED) is 0.845. The van der Waals surface area contributed by atoms with E-state index in [-0.39, 0.29) is 5.91 Å². The molecule has 5 nitrogen and oxygen atoms in total. The van der Waals surface area contributed by atoms with Gasteiger partial charge in [-0.3, -0.25) is 4.79 Å². The van der Waals surface area contributed by atoms with Crippen LogP contribution in [-0.2, 0) is 6.42 Å². The van der Waals surface area contributed by atoms with Crippen LogP contribution < -0.4 is 5.32 Å². The molecule has 122 valence electrons. The topological polar surface area (TPSA) is 58.1 Å². The largest absolute Gasteiger partial charge is 0.354 e. The molecule has 1 amide bonds. The number of carbonyl (C=O) groups excluding carboxylic acids is 1. The standard InChI is InChI=1S/C17H21ClN4O/c1-3-22(4-2)16(23)15-10-12-20-17(21-15)19-11-9-13-5-7-14(18)8-6-13/h5-8,10,12H,3-4,9,11H2,1-2H3,(H,19,20,21). The van der Waals surface area contributed by atoms with Crippen LogP contribution in [0.4, 0.5) is 5.95 Å². The monoisotopic (exact) mass is 332 g/mol. The Morgan fingerprint density at radius 2 is 1.87 bits per heavy atom. The summed E-state index contributed by atoms with van der Waals surface area (Å²) in [4.78, 5) is 22.5. The highest BCUT2D eigenvalue weighted by molar-refractivity contribution is 6.30. The van der Waals surface area contributed by atoms with E-state index in [2.05, 4.69) is 15.3 Å². The van der Waals surface area contributed by atoms with Gasteiger partial charge in [0.1, 0.15) is 5.69 Å². The highest BCUT2D eigenvalue weighted by atomic mass is 35.5. The van der Waals surface area contributed by atoms with Gasteiger partial charge in [-0.1, -0.05) is 23.7 Å². The smallest absolute Gasteiger partial charge is 0.272 e. The van der Waals surface area contributed by atoms with E-state index in [1.807, 2.05) is 38.1 Å². The van der Waals surface area contributed by atoms with E-state index >= 15 is 0 Å². The van der Waals surface area contributed by atoms with E-state index in [1.165, 1.54) is 5.56 Å². The zero-order valence-corrected chi connectivity index (χ0v) is 14.2. The summed E-state index contributed by atoms with van der Waals surface area (Å²) in [7, 11) is 0. The summed E-state index contributed by atoms with van der Waals surface area (Å²) in [5.74, 6) is 0.398. The van der Waals surface area contributed by atoms with Gasteiger partial charge in [0.2, 0.25) is 5.95 Å². The predicted molar refractivity (Wildman–Crippen MR) is 92.9 cm³/mol. The minimum absolute atomic E-state index is 0.0712. The first-order valence-corrected chi connectivity index (χ1v) is 8.12. The molecule has 2 aromatic rings. The van der Waals surface area contributed by atoms with Crippen LogP contribution in [0.3, 0.4) is 0 Å². The second-order valence-electron chi connectivity index (χ2n) is 5.05. The van der Waals surface area contributed by atoms with Crippen LogP contribution in [0.15, 0.2) is 36.5 Å². The summed E-state index contributed by atoms with van der Waals surface area (Å²) in [5.41, 5.74) is 1.59. The van der Waals surface area contributed by atoms with Crippen molar-refractivity contribution in [1.82, 2.24) is 14.9 Å². The first kappa shape index (κ1) is 17.2. The molecule has 2 rings (SSSR count). The third-order valence-corrected chi connectivity index (χ3v) is 3.79. The lowest BCUT2D eigenvalue weighted by atomic mass is 10.1. The number of aromatic nitrogens is 2. The molecule has 0 aliphatic heterocycles. The van der Waals surface area contributed by atoms with Crippen molar-refractivity contribution >= 4 is 23.5 Å².